The van der Waals surface area contributed by atoms with E-state index >= 15 is 0 Å². The summed E-state index contributed by atoms with van der Waals surface area (Å²) in [4.78, 5) is 15.9. The first-order chi connectivity index (χ1) is 9.90. The van der Waals surface area contributed by atoms with Gasteiger partial charge in [-0.25, -0.2) is 9.97 Å². The van der Waals surface area contributed by atoms with Crippen LogP contribution in [0, 0.1) is 0 Å². The maximum atomic E-state index is 5.64. The van der Waals surface area contributed by atoms with Crippen molar-refractivity contribution < 1.29 is 4.74 Å². The van der Waals surface area contributed by atoms with Gasteiger partial charge in [-0.15, -0.1) is 0 Å². The molecule has 0 saturated carbocycles. The lowest BCUT2D eigenvalue weighted by Gasteiger charge is -2.08. The second-order valence-electron chi connectivity index (χ2n) is 4.63. The lowest BCUT2D eigenvalue weighted by Crippen LogP contribution is -1.99. The number of rotatable bonds is 1. The van der Waals surface area contributed by atoms with Crippen LogP contribution >= 0.6 is 0 Å². The molecule has 1 aliphatic heterocycles. The molecule has 4 rings (SSSR count). The lowest BCUT2D eigenvalue weighted by molar-refractivity contribution is 0.331. The molecule has 2 aromatic heterocycles. The minimum atomic E-state index is 0.629. The summed E-state index contributed by atoms with van der Waals surface area (Å²) >= 11 is 0. The Labute approximate surface area is 115 Å². The highest BCUT2D eigenvalue weighted by molar-refractivity contribution is 5.87. The average molecular weight is 264 g/mol. The first-order valence-electron chi connectivity index (χ1n) is 6.46. The average Bonchev–Trinajstić information content (AvgIpc) is 2.83. The maximum Gasteiger partial charge on any atom is 0.177 e. The number of aliphatic imine (C=N–C) groups is 1. The van der Waals surface area contributed by atoms with Gasteiger partial charge in [0.2, 0.25) is 0 Å². The molecular weight excluding hydrogens is 252 g/mol. The third-order valence-corrected chi connectivity index (χ3v) is 3.32. The number of aromatic nitrogens is 3. The Hall–Kier alpha value is -2.69. The monoisotopic (exact) mass is 264 g/mol. The van der Waals surface area contributed by atoms with Gasteiger partial charge in [0.25, 0.3) is 0 Å². The first-order valence-corrected chi connectivity index (χ1v) is 6.46. The van der Waals surface area contributed by atoms with Crippen LogP contribution in [-0.2, 0) is 0 Å². The Morgan fingerprint density at radius 1 is 1.10 bits per heavy atom. The Morgan fingerprint density at radius 2 is 2.10 bits per heavy atom. The predicted octanol–water partition coefficient (Wildman–Crippen LogP) is 2.44. The minimum Gasteiger partial charge on any atom is -0.491 e. The molecule has 0 spiro atoms. The highest BCUT2D eigenvalue weighted by atomic mass is 16.5. The Kier molecular flexibility index (Phi) is 2.48. The molecule has 0 fully saturated rings. The van der Waals surface area contributed by atoms with Crippen LogP contribution in [0.15, 0.2) is 41.8 Å². The molecule has 5 nitrogen and oxygen atoms in total. The molecule has 0 amide bonds. The second kappa shape index (κ2) is 4.45. The van der Waals surface area contributed by atoms with Crippen LogP contribution in [0.3, 0.4) is 0 Å². The van der Waals surface area contributed by atoms with Crippen molar-refractivity contribution in [3.05, 3.63) is 42.4 Å². The van der Waals surface area contributed by atoms with Crippen molar-refractivity contribution in [1.82, 2.24) is 15.0 Å². The van der Waals surface area contributed by atoms with Crippen LogP contribution in [0.2, 0.25) is 0 Å². The van der Waals surface area contributed by atoms with E-state index in [0.717, 1.165) is 33.6 Å². The highest BCUT2D eigenvalue weighted by Gasteiger charge is 2.08. The van der Waals surface area contributed by atoms with Gasteiger partial charge in [0.05, 0.1) is 18.4 Å². The van der Waals surface area contributed by atoms with Gasteiger partial charge >= 0.3 is 0 Å². The van der Waals surface area contributed by atoms with Crippen molar-refractivity contribution in [2.75, 3.05) is 13.2 Å². The van der Waals surface area contributed by atoms with E-state index in [0.29, 0.717) is 13.2 Å². The molecule has 3 aromatic rings. The number of aromatic amines is 1. The van der Waals surface area contributed by atoms with Crippen molar-refractivity contribution in [2.45, 2.75) is 0 Å². The molecule has 0 bridgehead atoms. The second-order valence-corrected chi connectivity index (χ2v) is 4.63. The van der Waals surface area contributed by atoms with Gasteiger partial charge in [0.15, 0.2) is 5.65 Å². The van der Waals surface area contributed by atoms with Crippen LogP contribution < -0.4 is 4.74 Å². The fourth-order valence-electron chi connectivity index (χ4n) is 2.32. The fourth-order valence-corrected chi connectivity index (χ4v) is 2.32. The van der Waals surface area contributed by atoms with Crippen molar-refractivity contribution in [3.63, 3.8) is 0 Å². The zero-order chi connectivity index (χ0) is 13.4. The van der Waals surface area contributed by atoms with Gasteiger partial charge in [-0.05, 0) is 23.8 Å². The zero-order valence-electron chi connectivity index (χ0n) is 10.7. The summed E-state index contributed by atoms with van der Waals surface area (Å²) in [6.45, 7) is 1.33. The summed E-state index contributed by atoms with van der Waals surface area (Å²) in [6.07, 6.45) is 5.35. The molecule has 0 unspecified atom stereocenters. The summed E-state index contributed by atoms with van der Waals surface area (Å²) < 4.78 is 5.64. The van der Waals surface area contributed by atoms with E-state index in [-0.39, 0.29) is 0 Å². The van der Waals surface area contributed by atoms with Gasteiger partial charge in [-0.1, -0.05) is 6.07 Å². The largest absolute Gasteiger partial charge is 0.491 e. The smallest absolute Gasteiger partial charge is 0.177 e. The molecule has 3 heterocycles. The first kappa shape index (κ1) is 11.2. The number of hydrogen-bond acceptors (Lipinski definition) is 4. The van der Waals surface area contributed by atoms with Crippen molar-refractivity contribution >= 4 is 17.4 Å². The van der Waals surface area contributed by atoms with Gasteiger partial charge in [0, 0.05) is 23.5 Å². The number of hydrogen-bond donors (Lipinski definition) is 1. The molecular formula is C15H12N4O. The van der Waals surface area contributed by atoms with E-state index in [4.69, 9.17) is 4.74 Å². The van der Waals surface area contributed by atoms with Gasteiger partial charge in [-0.2, -0.15) is 0 Å². The van der Waals surface area contributed by atoms with E-state index in [1.807, 2.05) is 30.6 Å². The van der Waals surface area contributed by atoms with Crippen LogP contribution in [0.5, 0.6) is 5.75 Å². The number of nitrogens with zero attached hydrogens (tertiary/aromatic N) is 3. The van der Waals surface area contributed by atoms with Gasteiger partial charge in [0.1, 0.15) is 12.4 Å². The number of imidazole rings is 1. The van der Waals surface area contributed by atoms with E-state index < -0.39 is 0 Å². The standard InChI is InChI=1S/C15H12N4O/c1-2-14-12(7-16-3-4-20-14)5-10(1)11-6-13-15(17-8-11)19-9-18-13/h1-2,5-9H,3-4H2,(H,17,18,19). The molecule has 0 aliphatic carbocycles. The fraction of sp³-hybridized carbons (Fsp3) is 0.133. The third kappa shape index (κ3) is 1.84. The van der Waals surface area contributed by atoms with E-state index in [1.165, 1.54) is 0 Å². The third-order valence-electron chi connectivity index (χ3n) is 3.32. The number of fused-ring (bicyclic) bond motifs is 2. The van der Waals surface area contributed by atoms with Crippen LogP contribution in [0.4, 0.5) is 0 Å². The molecule has 20 heavy (non-hydrogen) atoms. The van der Waals surface area contributed by atoms with Crippen molar-refractivity contribution in [3.8, 4) is 16.9 Å². The van der Waals surface area contributed by atoms with Crippen LogP contribution in [0.1, 0.15) is 5.56 Å². The molecule has 0 atom stereocenters. The number of ether oxygens (including phenoxy) is 1. The molecule has 1 aliphatic rings. The Morgan fingerprint density at radius 3 is 3.10 bits per heavy atom. The normalized spacial score (nSPS) is 13.8. The maximum absolute atomic E-state index is 5.64. The summed E-state index contributed by atoms with van der Waals surface area (Å²) in [7, 11) is 0. The van der Waals surface area contributed by atoms with Crippen molar-refractivity contribution in [1.29, 1.82) is 0 Å². The van der Waals surface area contributed by atoms with E-state index in [1.54, 1.807) is 6.33 Å². The molecule has 0 radical (unpaired) electrons. The lowest BCUT2D eigenvalue weighted by atomic mass is 10.0. The zero-order valence-corrected chi connectivity index (χ0v) is 10.7. The topological polar surface area (TPSA) is 63.2 Å². The van der Waals surface area contributed by atoms with Crippen LogP contribution in [0.25, 0.3) is 22.3 Å². The minimum absolute atomic E-state index is 0.629. The van der Waals surface area contributed by atoms with Gasteiger partial charge < -0.3 is 9.72 Å². The molecule has 0 saturated heterocycles. The highest BCUT2D eigenvalue weighted by Crippen LogP contribution is 2.27. The summed E-state index contributed by atoms with van der Waals surface area (Å²) in [6, 6.07) is 8.14. The van der Waals surface area contributed by atoms with Crippen LogP contribution in [-0.4, -0.2) is 34.3 Å². The number of H-pyrrole nitrogens is 1. The molecule has 5 heteroatoms. The van der Waals surface area contributed by atoms with E-state index in [2.05, 4.69) is 26.0 Å². The number of nitrogens with one attached hydrogen (secondary N) is 1. The quantitative estimate of drug-likeness (QED) is 0.734. The molecule has 98 valence electrons. The Bertz CT molecular complexity index is 806. The summed E-state index contributed by atoms with van der Waals surface area (Å²) in [5, 5.41) is 0. The van der Waals surface area contributed by atoms with Crippen molar-refractivity contribution in [2.24, 2.45) is 4.99 Å². The SMILES string of the molecule is C1=NCCOc2ccc(-c3cnc4nc[nH]c4c3)cc21. The summed E-state index contributed by atoms with van der Waals surface area (Å²) in [5.74, 6) is 0.880. The Balaban J connectivity index is 1.83. The van der Waals surface area contributed by atoms with Gasteiger partial charge in [-0.3, -0.25) is 4.99 Å². The predicted molar refractivity (Wildman–Crippen MR) is 77.3 cm³/mol. The van der Waals surface area contributed by atoms with E-state index in [9.17, 15) is 0 Å². The number of benzene rings is 1. The molecule has 1 N–H and O–H groups in total. The molecule has 1 aromatic carbocycles. The summed E-state index contributed by atoms with van der Waals surface area (Å²) in [5.41, 5.74) is 4.80. The number of pyridine rings is 1.